The average Bonchev–Trinajstić information content (AvgIpc) is 3.66. The molecule has 1 fully saturated rings. The van der Waals surface area contributed by atoms with Crippen molar-refractivity contribution in [2.45, 2.75) is 403 Å². The maximum absolute atomic E-state index is 13.1. The molecule has 1 aliphatic rings. The summed E-state index contributed by atoms with van der Waals surface area (Å²) in [6, 6.07) is -0.805. The van der Waals surface area contributed by atoms with Gasteiger partial charge >= 0.3 is 0 Å². The van der Waals surface area contributed by atoms with Gasteiger partial charge in [0, 0.05) is 6.42 Å². The van der Waals surface area contributed by atoms with Crippen LogP contribution < -0.4 is 5.32 Å². The van der Waals surface area contributed by atoms with Gasteiger partial charge in [0.25, 0.3) is 0 Å². The summed E-state index contributed by atoms with van der Waals surface area (Å²) in [6.45, 7) is 3.72. The number of allylic oxidation sites excluding steroid dienone is 9. The molecule has 85 heavy (non-hydrogen) atoms. The van der Waals surface area contributed by atoms with E-state index in [0.29, 0.717) is 6.42 Å². The summed E-state index contributed by atoms with van der Waals surface area (Å²) in [5.41, 5.74) is 0. The molecule has 9 nitrogen and oxygen atoms in total. The molecule has 0 radical (unpaired) electrons. The maximum atomic E-state index is 13.1. The van der Waals surface area contributed by atoms with Crippen molar-refractivity contribution in [3.63, 3.8) is 0 Å². The van der Waals surface area contributed by atoms with Gasteiger partial charge in [-0.15, -0.1) is 0 Å². The second-order valence-electron chi connectivity index (χ2n) is 25.7. The molecular weight excluding hydrogens is 1050 g/mol. The Morgan fingerprint density at radius 2 is 0.729 bits per heavy atom. The lowest BCUT2D eigenvalue weighted by Gasteiger charge is -2.40. The maximum Gasteiger partial charge on any atom is 0.220 e. The van der Waals surface area contributed by atoms with E-state index >= 15 is 0 Å². The van der Waals surface area contributed by atoms with Gasteiger partial charge in [0.2, 0.25) is 5.91 Å². The number of carbonyl (C=O) groups excluding carboxylic acids is 1. The Labute approximate surface area is 526 Å². The van der Waals surface area contributed by atoms with Crippen LogP contribution in [-0.2, 0) is 14.3 Å². The summed E-state index contributed by atoms with van der Waals surface area (Å²) in [5, 5.41) is 54.8. The number of ether oxygens (including phenoxy) is 2. The van der Waals surface area contributed by atoms with Crippen LogP contribution in [0, 0.1) is 0 Å². The van der Waals surface area contributed by atoms with Crippen LogP contribution in [0.1, 0.15) is 361 Å². The summed E-state index contributed by atoms with van der Waals surface area (Å²) >= 11 is 0. The fourth-order valence-electron chi connectivity index (χ4n) is 11.9. The van der Waals surface area contributed by atoms with Crippen molar-refractivity contribution in [3.8, 4) is 0 Å². The average molecular weight is 1200 g/mol. The molecule has 6 N–H and O–H groups in total. The van der Waals surface area contributed by atoms with Crippen LogP contribution in [-0.4, -0.2) is 87.5 Å². The minimum atomic E-state index is -1.57. The van der Waals surface area contributed by atoms with Crippen LogP contribution in [0.25, 0.3) is 0 Å². The normalized spacial score (nSPS) is 18.4. The Hall–Kier alpha value is -2.11. The molecule has 1 aliphatic heterocycles. The number of amides is 1. The van der Waals surface area contributed by atoms with E-state index in [2.05, 4.69) is 67.8 Å². The quantitative estimate of drug-likeness (QED) is 0.0261. The third-order valence-corrected chi connectivity index (χ3v) is 17.6. The van der Waals surface area contributed by atoms with Gasteiger partial charge in [-0.2, -0.15) is 0 Å². The molecule has 498 valence electrons. The van der Waals surface area contributed by atoms with E-state index in [9.17, 15) is 30.3 Å². The molecule has 1 rings (SSSR count). The third kappa shape index (κ3) is 53.4. The largest absolute Gasteiger partial charge is 0.394 e. The Morgan fingerprint density at radius 3 is 1.08 bits per heavy atom. The van der Waals surface area contributed by atoms with Crippen LogP contribution in [0.15, 0.2) is 60.8 Å². The summed E-state index contributed by atoms with van der Waals surface area (Å²) in [6.07, 6.45) is 83.5. The standard InChI is InChI=1S/C76H141NO8/c1-3-5-7-9-11-13-15-17-19-21-23-25-27-28-29-30-31-32-33-34-35-36-37-38-39-40-41-42-44-46-48-50-52-54-56-58-60-62-64-66-72(80)77-69(68-84-76-75(83)74(82)73(81)71(67-78)85-76)70(79)65-63-61-59-57-55-53-51-49-47-45-43-26-24-22-20-18-16-14-12-10-8-6-4-2/h5,7,11,13,17,19,23,25,63,65,69-71,73-76,78-79,81-83H,3-4,6,8-10,12,14-16,18,20-22,24,26-62,64,66-68H2,1-2H3,(H,77,80)/b7-5-,13-11-,19-17-,25-23-,65-63+. The first kappa shape index (κ1) is 80.9. The van der Waals surface area contributed by atoms with Crippen LogP contribution in [0.4, 0.5) is 0 Å². The lowest BCUT2D eigenvalue weighted by atomic mass is 9.99. The van der Waals surface area contributed by atoms with E-state index in [0.717, 1.165) is 64.2 Å². The number of hydrogen-bond acceptors (Lipinski definition) is 8. The van der Waals surface area contributed by atoms with Crippen molar-refractivity contribution < 1.29 is 39.8 Å². The summed E-state index contributed by atoms with van der Waals surface area (Å²) in [4.78, 5) is 13.1. The van der Waals surface area contributed by atoms with E-state index in [1.165, 1.54) is 276 Å². The first-order valence-corrected chi connectivity index (χ1v) is 37.0. The number of carbonyl (C=O) groups is 1. The smallest absolute Gasteiger partial charge is 0.220 e. The van der Waals surface area contributed by atoms with Crippen molar-refractivity contribution in [1.82, 2.24) is 5.32 Å². The molecule has 7 unspecified atom stereocenters. The van der Waals surface area contributed by atoms with Gasteiger partial charge in [-0.05, 0) is 57.8 Å². The monoisotopic (exact) mass is 1200 g/mol. The first-order chi connectivity index (χ1) is 41.8. The zero-order valence-corrected chi connectivity index (χ0v) is 55.9. The Bertz CT molecular complexity index is 1530. The van der Waals surface area contributed by atoms with E-state index in [1.807, 2.05) is 6.08 Å². The van der Waals surface area contributed by atoms with Crippen LogP contribution in [0.3, 0.4) is 0 Å². The van der Waals surface area contributed by atoms with Crippen LogP contribution >= 0.6 is 0 Å². The zero-order chi connectivity index (χ0) is 61.4. The summed E-state index contributed by atoms with van der Waals surface area (Å²) < 4.78 is 11.3. The molecule has 0 aliphatic carbocycles. The SMILES string of the molecule is CC/C=C\C/C=C\C/C=C\C/C=C\CCCCCCCCCCCCCCCCCCCCCCCCCCCCC(=O)NC(COC1OC(CO)C(O)C(O)C1O)C(O)/C=C/CCCCCCCCCCCCCCCCCCCCCCC. The molecule has 1 amide bonds. The lowest BCUT2D eigenvalue weighted by molar-refractivity contribution is -0.302. The number of aliphatic hydroxyl groups excluding tert-OH is 5. The minimum absolute atomic E-state index is 0.169. The van der Waals surface area contributed by atoms with E-state index < -0.39 is 49.5 Å². The predicted octanol–water partition coefficient (Wildman–Crippen LogP) is 20.5. The van der Waals surface area contributed by atoms with E-state index in [-0.39, 0.29) is 12.5 Å². The predicted molar refractivity (Wildman–Crippen MR) is 364 cm³/mol. The molecule has 0 saturated carbocycles. The van der Waals surface area contributed by atoms with Gasteiger partial charge in [-0.1, -0.05) is 357 Å². The molecule has 0 aromatic carbocycles. The zero-order valence-electron chi connectivity index (χ0n) is 55.9. The molecule has 1 saturated heterocycles. The van der Waals surface area contributed by atoms with Crippen molar-refractivity contribution in [2.24, 2.45) is 0 Å². The topological polar surface area (TPSA) is 149 Å². The highest BCUT2D eigenvalue weighted by atomic mass is 16.7. The molecule has 1 heterocycles. The molecule has 0 bridgehead atoms. The number of nitrogens with one attached hydrogen (secondary N) is 1. The fraction of sp³-hybridized carbons (Fsp3) is 0.855. The fourth-order valence-corrected chi connectivity index (χ4v) is 11.9. The number of unbranched alkanes of at least 4 members (excludes halogenated alkanes) is 47. The Morgan fingerprint density at radius 1 is 0.412 bits per heavy atom. The van der Waals surface area contributed by atoms with Crippen molar-refractivity contribution in [3.05, 3.63) is 60.8 Å². The van der Waals surface area contributed by atoms with Gasteiger partial charge in [-0.3, -0.25) is 4.79 Å². The van der Waals surface area contributed by atoms with Crippen molar-refractivity contribution in [1.29, 1.82) is 0 Å². The molecular formula is C76H141NO8. The van der Waals surface area contributed by atoms with E-state index in [1.54, 1.807) is 6.08 Å². The van der Waals surface area contributed by atoms with Gasteiger partial charge < -0.3 is 40.3 Å². The number of aliphatic hydroxyl groups is 5. The third-order valence-electron chi connectivity index (χ3n) is 17.6. The molecule has 9 heteroatoms. The minimum Gasteiger partial charge on any atom is -0.394 e. The van der Waals surface area contributed by atoms with Gasteiger partial charge in [-0.25, -0.2) is 0 Å². The van der Waals surface area contributed by atoms with Gasteiger partial charge in [0.05, 0.1) is 25.4 Å². The van der Waals surface area contributed by atoms with Crippen LogP contribution in [0.5, 0.6) is 0 Å². The summed E-state index contributed by atoms with van der Waals surface area (Å²) in [7, 11) is 0. The second-order valence-corrected chi connectivity index (χ2v) is 25.7. The van der Waals surface area contributed by atoms with Crippen LogP contribution in [0.2, 0.25) is 0 Å². The van der Waals surface area contributed by atoms with Crippen molar-refractivity contribution >= 4 is 5.91 Å². The Kier molecular flexibility index (Phi) is 61.7. The van der Waals surface area contributed by atoms with E-state index in [4.69, 9.17) is 9.47 Å². The molecule has 7 atom stereocenters. The van der Waals surface area contributed by atoms with Gasteiger partial charge in [0.1, 0.15) is 24.4 Å². The van der Waals surface area contributed by atoms with Crippen molar-refractivity contribution in [2.75, 3.05) is 13.2 Å². The molecule has 0 spiro atoms. The lowest BCUT2D eigenvalue weighted by Crippen LogP contribution is -2.60. The first-order valence-electron chi connectivity index (χ1n) is 37.0. The highest BCUT2D eigenvalue weighted by molar-refractivity contribution is 5.76. The molecule has 0 aromatic heterocycles. The van der Waals surface area contributed by atoms with Gasteiger partial charge in [0.15, 0.2) is 6.29 Å². The number of hydrogen-bond donors (Lipinski definition) is 6. The summed E-state index contributed by atoms with van der Waals surface area (Å²) in [5.74, 6) is -0.169. The molecule has 0 aromatic rings. The second kappa shape index (κ2) is 64.9. The highest BCUT2D eigenvalue weighted by Gasteiger charge is 2.44. The Balaban J connectivity index is 2.06. The highest BCUT2D eigenvalue weighted by Crippen LogP contribution is 2.24. The number of rotatable bonds is 65.